The molecule has 0 unspecified atom stereocenters. The molecule has 0 spiro atoms. The lowest BCUT2D eigenvalue weighted by molar-refractivity contribution is -0.137. The molecule has 0 bridgehead atoms. The van der Waals surface area contributed by atoms with Crippen molar-refractivity contribution in [1.82, 2.24) is 39.3 Å². The Morgan fingerprint density at radius 2 is 1.83 bits per heavy atom. The molecular formula is C32H38F3N9O4. The fourth-order valence-corrected chi connectivity index (χ4v) is 6.14. The number of carbonyl (C=O) groups is 3. The van der Waals surface area contributed by atoms with Gasteiger partial charge in [0, 0.05) is 67.5 Å². The number of benzene rings is 1. The summed E-state index contributed by atoms with van der Waals surface area (Å²) in [4.78, 5) is 47.4. The van der Waals surface area contributed by atoms with Gasteiger partial charge in [0.2, 0.25) is 5.91 Å². The molecule has 0 radical (unpaired) electrons. The zero-order valence-electron chi connectivity index (χ0n) is 26.5. The molecule has 48 heavy (non-hydrogen) atoms. The number of hydrogen-bond donors (Lipinski definition) is 3. The molecule has 3 N–H and O–H groups in total. The Kier molecular flexibility index (Phi) is 11.3. The predicted molar refractivity (Wildman–Crippen MR) is 171 cm³/mol. The maximum absolute atomic E-state index is 13.8. The van der Waals surface area contributed by atoms with Crippen LogP contribution in [0, 0.1) is 5.92 Å². The summed E-state index contributed by atoms with van der Waals surface area (Å²) in [5.74, 6) is 0.598. The van der Waals surface area contributed by atoms with Gasteiger partial charge in [-0.25, -0.2) is 23.1 Å². The largest absolute Gasteiger partial charge is 0.483 e. The average molecular weight is 670 g/mol. The van der Waals surface area contributed by atoms with Crippen LogP contribution < -0.4 is 10.6 Å². The Labute approximate surface area is 274 Å². The monoisotopic (exact) mass is 669 g/mol. The van der Waals surface area contributed by atoms with Crippen LogP contribution in [0.5, 0.6) is 0 Å². The molecule has 3 aromatic heterocycles. The lowest BCUT2D eigenvalue weighted by Gasteiger charge is -2.37. The molecule has 13 nitrogen and oxygen atoms in total. The third-order valence-corrected chi connectivity index (χ3v) is 8.56. The van der Waals surface area contributed by atoms with Crippen LogP contribution in [-0.4, -0.2) is 103 Å². The van der Waals surface area contributed by atoms with Crippen LogP contribution in [-0.2, 0) is 22.6 Å². The first-order valence-corrected chi connectivity index (χ1v) is 15.8. The van der Waals surface area contributed by atoms with Crippen LogP contribution in [0.3, 0.4) is 0 Å². The van der Waals surface area contributed by atoms with Gasteiger partial charge >= 0.3 is 0 Å². The minimum Gasteiger partial charge on any atom is -0.483 e. The lowest BCUT2D eigenvalue weighted by Crippen LogP contribution is -2.52. The number of aromatic nitrogens is 5. The summed E-state index contributed by atoms with van der Waals surface area (Å²) >= 11 is 0. The van der Waals surface area contributed by atoms with Crippen molar-refractivity contribution in [2.24, 2.45) is 5.92 Å². The van der Waals surface area contributed by atoms with Gasteiger partial charge in [0.1, 0.15) is 12.4 Å². The van der Waals surface area contributed by atoms with E-state index in [1.165, 1.54) is 23.3 Å². The Bertz CT molecular complexity index is 1730. The number of amides is 2. The lowest BCUT2D eigenvalue weighted by atomic mass is 9.96. The van der Waals surface area contributed by atoms with Gasteiger partial charge in [0.15, 0.2) is 11.5 Å². The van der Waals surface area contributed by atoms with Crippen molar-refractivity contribution in [2.75, 3.05) is 51.3 Å². The van der Waals surface area contributed by atoms with Gasteiger partial charge in [-0.15, -0.1) is 0 Å². The van der Waals surface area contributed by atoms with Crippen LogP contribution in [0.2, 0.25) is 0 Å². The summed E-state index contributed by atoms with van der Waals surface area (Å²) in [6.45, 7) is 4.66. The summed E-state index contributed by atoms with van der Waals surface area (Å²) in [5.41, 5.74) is 2.66. The van der Waals surface area contributed by atoms with E-state index in [9.17, 15) is 22.8 Å². The molecule has 1 aromatic carbocycles. The first kappa shape index (κ1) is 34.3. The van der Waals surface area contributed by atoms with E-state index >= 15 is 0 Å². The smallest absolute Gasteiger partial charge is 0.290 e. The molecule has 2 aliphatic rings. The summed E-state index contributed by atoms with van der Waals surface area (Å²) in [7, 11) is 0. The molecule has 6 rings (SSSR count). The van der Waals surface area contributed by atoms with Gasteiger partial charge in [-0.1, -0.05) is 6.92 Å². The number of carbonyl (C=O) groups excluding carboxylic acids is 2. The fraction of sp³-hybridized carbons (Fsp3) is 0.438. The summed E-state index contributed by atoms with van der Waals surface area (Å²) in [5, 5.41) is 17.3. The van der Waals surface area contributed by atoms with E-state index in [0.29, 0.717) is 61.0 Å². The number of anilines is 2. The number of aryl methyl sites for hydroxylation is 2. The molecule has 2 fully saturated rings. The topological polar surface area (TPSA) is 150 Å². The first-order chi connectivity index (χ1) is 23.3. The van der Waals surface area contributed by atoms with Crippen LogP contribution in [0.4, 0.5) is 24.7 Å². The van der Waals surface area contributed by atoms with Crippen molar-refractivity contribution in [1.29, 1.82) is 0 Å². The zero-order valence-corrected chi connectivity index (χ0v) is 26.5. The molecule has 2 saturated heterocycles. The second kappa shape index (κ2) is 15.7. The third kappa shape index (κ3) is 7.43. The van der Waals surface area contributed by atoms with Crippen molar-refractivity contribution < 1.29 is 32.7 Å². The number of alkyl halides is 3. The van der Waals surface area contributed by atoms with Crippen molar-refractivity contribution in [3.05, 3.63) is 59.8 Å². The van der Waals surface area contributed by atoms with Gasteiger partial charge in [-0.2, -0.15) is 5.10 Å². The third-order valence-electron chi connectivity index (χ3n) is 8.56. The number of imidazole rings is 1. The Morgan fingerprint density at radius 3 is 2.50 bits per heavy atom. The maximum atomic E-state index is 13.8. The number of piperidine rings is 1. The summed E-state index contributed by atoms with van der Waals surface area (Å²) < 4.78 is 43.2. The van der Waals surface area contributed by atoms with E-state index in [2.05, 4.69) is 25.7 Å². The molecule has 4 aromatic rings. The van der Waals surface area contributed by atoms with E-state index < -0.39 is 18.8 Å². The SMILES string of the molecule is CCc1cc(Nc2nccn3c(-c4cn(CCF)nc4C(F)F)cnc23)ccc1C(=O)N1CCN(C(=O)C2CCNCC2)CC1.O=CO. The molecule has 16 heteroatoms. The zero-order chi connectivity index (χ0) is 34.2. The number of halogens is 3. The van der Waals surface area contributed by atoms with Gasteiger partial charge in [-0.05, 0) is 56.1 Å². The fourth-order valence-electron chi connectivity index (χ4n) is 6.14. The highest BCUT2D eigenvalue weighted by molar-refractivity contribution is 5.96. The van der Waals surface area contributed by atoms with Crippen LogP contribution in [0.1, 0.15) is 47.8 Å². The second-order valence-corrected chi connectivity index (χ2v) is 11.4. The van der Waals surface area contributed by atoms with Crippen molar-refractivity contribution in [3.8, 4) is 11.3 Å². The number of nitrogens with one attached hydrogen (secondary N) is 2. The minimum absolute atomic E-state index is 0.0615. The minimum atomic E-state index is -2.84. The van der Waals surface area contributed by atoms with E-state index in [1.54, 1.807) is 22.7 Å². The molecule has 0 atom stereocenters. The van der Waals surface area contributed by atoms with E-state index in [0.717, 1.165) is 31.5 Å². The molecule has 2 amide bonds. The molecule has 2 aliphatic heterocycles. The summed E-state index contributed by atoms with van der Waals surface area (Å²) in [6, 6.07) is 5.49. The Hall–Kier alpha value is -4.99. The van der Waals surface area contributed by atoms with Crippen molar-refractivity contribution in [3.63, 3.8) is 0 Å². The molecule has 5 heterocycles. The normalized spacial score (nSPS) is 15.4. The number of nitrogens with zero attached hydrogens (tertiary/aromatic N) is 7. The summed E-state index contributed by atoms with van der Waals surface area (Å²) in [6.07, 6.45) is 5.50. The van der Waals surface area contributed by atoms with Gasteiger partial charge in [0.05, 0.1) is 18.4 Å². The second-order valence-electron chi connectivity index (χ2n) is 11.4. The van der Waals surface area contributed by atoms with E-state index in [-0.39, 0.29) is 36.3 Å². The van der Waals surface area contributed by atoms with Gasteiger partial charge in [0.25, 0.3) is 18.8 Å². The Balaban J connectivity index is 0.00000145. The maximum Gasteiger partial charge on any atom is 0.290 e. The molecule has 256 valence electrons. The number of hydrogen-bond acceptors (Lipinski definition) is 8. The van der Waals surface area contributed by atoms with Crippen LogP contribution in [0.15, 0.2) is 43.0 Å². The predicted octanol–water partition coefficient (Wildman–Crippen LogP) is 3.79. The number of rotatable bonds is 9. The van der Waals surface area contributed by atoms with E-state index in [4.69, 9.17) is 9.90 Å². The molecule has 0 aliphatic carbocycles. The highest BCUT2D eigenvalue weighted by Crippen LogP contribution is 2.32. The highest BCUT2D eigenvalue weighted by Gasteiger charge is 2.30. The molecule has 0 saturated carbocycles. The van der Waals surface area contributed by atoms with Crippen LogP contribution >= 0.6 is 0 Å². The average Bonchev–Trinajstić information content (AvgIpc) is 3.74. The molecular weight excluding hydrogens is 631 g/mol. The standard InChI is InChI=1S/C31H36F3N9O2.CH2O2/c1-2-20-17-22(3-4-23(20)31(45)41-15-13-40(14-16-41)30(44)21-5-8-35-9-6-21)38-28-29-37-18-25(43(29)12-10-36-28)24-19-42(11-7-32)39-26(24)27(33)34;2-1-3/h3-4,10,12,17-19,21,27,35H,2,5-9,11,13-16H2,1H3,(H,36,38);1H,(H,2,3). The number of carboxylic acid groups (broad SMARTS) is 1. The van der Waals surface area contributed by atoms with Crippen molar-refractivity contribution >= 4 is 35.4 Å². The van der Waals surface area contributed by atoms with E-state index in [1.807, 2.05) is 22.8 Å². The van der Waals surface area contributed by atoms with Gasteiger partial charge < -0.3 is 25.5 Å². The highest BCUT2D eigenvalue weighted by atomic mass is 19.3. The number of piperazine rings is 1. The Morgan fingerprint density at radius 1 is 1.12 bits per heavy atom. The first-order valence-electron chi connectivity index (χ1n) is 15.8. The quantitative estimate of drug-likeness (QED) is 0.226. The van der Waals surface area contributed by atoms with Crippen LogP contribution in [0.25, 0.3) is 16.9 Å². The number of fused-ring (bicyclic) bond motifs is 1. The van der Waals surface area contributed by atoms with Crippen molar-refractivity contribution in [2.45, 2.75) is 39.2 Å². The van der Waals surface area contributed by atoms with Gasteiger partial charge in [-0.3, -0.25) is 23.5 Å².